The molecule has 3 heterocycles. The van der Waals surface area contributed by atoms with Crippen molar-refractivity contribution in [2.45, 2.75) is 44.2 Å². The van der Waals surface area contributed by atoms with Crippen LogP contribution in [0.25, 0.3) is 11.1 Å². The Morgan fingerprint density at radius 3 is 2.70 bits per heavy atom. The Balaban J connectivity index is 1.25. The minimum absolute atomic E-state index is 0.0140. The zero-order valence-electron chi connectivity index (χ0n) is 19.4. The van der Waals surface area contributed by atoms with Crippen LogP contribution >= 0.6 is 0 Å². The number of fused-ring (bicyclic) bond motifs is 4. The summed E-state index contributed by atoms with van der Waals surface area (Å²) in [6.07, 6.45) is 5.09. The van der Waals surface area contributed by atoms with E-state index in [-0.39, 0.29) is 18.2 Å². The lowest BCUT2D eigenvalue weighted by molar-refractivity contribution is -0.0340. The normalized spacial score (nSPS) is 25.8. The second-order valence-corrected chi connectivity index (χ2v) is 9.45. The molecule has 0 aromatic heterocycles. The summed E-state index contributed by atoms with van der Waals surface area (Å²) in [6, 6.07) is 14.8. The van der Waals surface area contributed by atoms with Gasteiger partial charge >= 0.3 is 6.09 Å². The molecule has 6 nitrogen and oxygen atoms in total. The van der Waals surface area contributed by atoms with Gasteiger partial charge in [-0.15, -0.1) is 0 Å². The molecular weight excluding hydrogens is 416 g/mol. The molecule has 1 N–H and O–H groups in total. The van der Waals surface area contributed by atoms with Crippen LogP contribution in [-0.2, 0) is 15.9 Å². The number of aryl methyl sites for hydroxylation is 1. The van der Waals surface area contributed by atoms with Crippen LogP contribution in [0.4, 0.5) is 4.79 Å². The van der Waals surface area contributed by atoms with E-state index < -0.39 is 0 Å². The number of alkyl carbamates (subject to hydrolysis) is 1. The number of nitrogens with one attached hydrogen (secondary N) is 1. The van der Waals surface area contributed by atoms with Gasteiger partial charge in [-0.3, -0.25) is 4.90 Å². The average Bonchev–Trinajstić information content (AvgIpc) is 2.85. The number of carbonyl (C=O) groups is 1. The molecule has 3 fully saturated rings. The van der Waals surface area contributed by atoms with Crippen molar-refractivity contribution < 1.29 is 19.0 Å². The number of nitrogens with zero attached hydrogens (tertiary/aromatic N) is 1. The van der Waals surface area contributed by atoms with Crippen molar-refractivity contribution in [2.75, 3.05) is 40.0 Å². The molecule has 2 atom stereocenters. The molecule has 0 saturated carbocycles. The third kappa shape index (κ3) is 5.17. The number of rotatable bonds is 7. The monoisotopic (exact) mass is 450 g/mol. The van der Waals surface area contributed by atoms with Crippen molar-refractivity contribution in [3.63, 3.8) is 0 Å². The third-order valence-electron chi connectivity index (χ3n) is 7.33. The maximum atomic E-state index is 12.7. The van der Waals surface area contributed by atoms with E-state index in [1.54, 1.807) is 7.11 Å². The van der Waals surface area contributed by atoms with Crippen LogP contribution in [0.1, 0.15) is 42.9 Å². The lowest BCUT2D eigenvalue weighted by Gasteiger charge is -2.44. The maximum absolute atomic E-state index is 12.7. The first-order valence-corrected chi connectivity index (χ1v) is 12.2. The summed E-state index contributed by atoms with van der Waals surface area (Å²) in [5.74, 6) is 1.37. The predicted octanol–water partition coefficient (Wildman–Crippen LogP) is 4.58. The molecule has 2 bridgehead atoms. The van der Waals surface area contributed by atoms with Gasteiger partial charge in [0.2, 0.25) is 0 Å². The van der Waals surface area contributed by atoms with E-state index >= 15 is 0 Å². The van der Waals surface area contributed by atoms with Crippen LogP contribution in [0.15, 0.2) is 42.5 Å². The van der Waals surface area contributed by atoms with E-state index in [0.717, 1.165) is 63.1 Å². The summed E-state index contributed by atoms with van der Waals surface area (Å²) in [5.41, 5.74) is 4.81. The summed E-state index contributed by atoms with van der Waals surface area (Å²) in [5, 5.41) is 3.17. The number of benzene rings is 2. The van der Waals surface area contributed by atoms with Gasteiger partial charge in [-0.2, -0.15) is 0 Å². The van der Waals surface area contributed by atoms with Crippen LogP contribution in [-0.4, -0.2) is 57.1 Å². The van der Waals surface area contributed by atoms with Gasteiger partial charge in [0.1, 0.15) is 18.5 Å². The second-order valence-electron chi connectivity index (χ2n) is 9.45. The molecule has 33 heavy (non-hydrogen) atoms. The van der Waals surface area contributed by atoms with Gasteiger partial charge in [-0.25, -0.2) is 4.79 Å². The highest BCUT2D eigenvalue weighted by Gasteiger charge is 2.37. The number of hydrogen-bond donors (Lipinski definition) is 1. The van der Waals surface area contributed by atoms with Gasteiger partial charge in [-0.05, 0) is 85.5 Å². The Morgan fingerprint density at radius 2 is 1.91 bits per heavy atom. The van der Waals surface area contributed by atoms with Gasteiger partial charge in [0.05, 0.1) is 12.6 Å². The van der Waals surface area contributed by atoms with Crippen LogP contribution < -0.4 is 10.1 Å². The van der Waals surface area contributed by atoms with Gasteiger partial charge in [0.25, 0.3) is 0 Å². The molecule has 0 radical (unpaired) electrons. The SMILES string of the molecule is COCCOc1cccc(-c2ccc3c(c2)CCCC3NC(=O)O[C@H]2CN3CCC2CC3)c1. The Kier molecular flexibility index (Phi) is 6.83. The molecule has 1 aliphatic carbocycles. The van der Waals surface area contributed by atoms with Crippen molar-refractivity contribution in [1.29, 1.82) is 0 Å². The third-order valence-corrected chi connectivity index (χ3v) is 7.33. The summed E-state index contributed by atoms with van der Waals surface area (Å²) >= 11 is 0. The molecule has 1 amide bonds. The summed E-state index contributed by atoms with van der Waals surface area (Å²) < 4.78 is 16.7. The topological polar surface area (TPSA) is 60.0 Å². The van der Waals surface area contributed by atoms with Gasteiger partial charge < -0.3 is 19.5 Å². The molecule has 3 aliphatic heterocycles. The van der Waals surface area contributed by atoms with Crippen molar-refractivity contribution in [1.82, 2.24) is 10.2 Å². The van der Waals surface area contributed by atoms with E-state index in [1.165, 1.54) is 16.7 Å². The minimum atomic E-state index is -0.267. The van der Waals surface area contributed by atoms with E-state index in [1.807, 2.05) is 12.1 Å². The predicted molar refractivity (Wildman–Crippen MR) is 127 cm³/mol. The van der Waals surface area contributed by atoms with Crippen LogP contribution in [0.2, 0.25) is 0 Å². The molecule has 2 aromatic carbocycles. The molecule has 2 aromatic rings. The van der Waals surface area contributed by atoms with Gasteiger partial charge in [0.15, 0.2) is 0 Å². The van der Waals surface area contributed by atoms with Gasteiger partial charge in [0, 0.05) is 13.7 Å². The number of hydrogen-bond acceptors (Lipinski definition) is 5. The fourth-order valence-corrected chi connectivity index (χ4v) is 5.51. The maximum Gasteiger partial charge on any atom is 0.407 e. The molecule has 1 unspecified atom stereocenters. The fraction of sp³-hybridized carbons (Fsp3) is 0.519. The van der Waals surface area contributed by atoms with Crippen LogP contribution in [0.3, 0.4) is 0 Å². The average molecular weight is 451 g/mol. The molecule has 4 aliphatic rings. The number of piperidine rings is 3. The first-order chi connectivity index (χ1) is 16.2. The Bertz CT molecular complexity index is 970. The largest absolute Gasteiger partial charge is 0.491 e. The first kappa shape index (κ1) is 22.2. The summed E-state index contributed by atoms with van der Waals surface area (Å²) in [6.45, 7) is 4.28. The first-order valence-electron chi connectivity index (χ1n) is 12.2. The molecular formula is C27H34N2O4. The fourth-order valence-electron chi connectivity index (χ4n) is 5.51. The van der Waals surface area contributed by atoms with E-state index in [9.17, 15) is 4.79 Å². The van der Waals surface area contributed by atoms with Gasteiger partial charge in [-0.1, -0.05) is 30.3 Å². The highest BCUT2D eigenvalue weighted by molar-refractivity contribution is 5.70. The van der Waals surface area contributed by atoms with Crippen LogP contribution in [0, 0.1) is 5.92 Å². The Morgan fingerprint density at radius 1 is 1.06 bits per heavy atom. The molecule has 6 heteroatoms. The summed E-state index contributed by atoms with van der Waals surface area (Å²) in [7, 11) is 1.67. The Hall–Kier alpha value is -2.57. The molecule has 3 saturated heterocycles. The highest BCUT2D eigenvalue weighted by atomic mass is 16.6. The van der Waals surface area contributed by atoms with Crippen molar-refractivity contribution in [3.8, 4) is 16.9 Å². The van der Waals surface area contributed by atoms with Crippen molar-refractivity contribution in [3.05, 3.63) is 53.6 Å². The lowest BCUT2D eigenvalue weighted by Crippen LogP contribution is -2.52. The highest BCUT2D eigenvalue weighted by Crippen LogP contribution is 2.34. The smallest absolute Gasteiger partial charge is 0.407 e. The van der Waals surface area contributed by atoms with E-state index in [2.05, 4.69) is 40.5 Å². The number of amides is 1. The van der Waals surface area contributed by atoms with E-state index in [4.69, 9.17) is 14.2 Å². The zero-order valence-corrected chi connectivity index (χ0v) is 19.4. The molecule has 0 spiro atoms. The zero-order chi connectivity index (χ0) is 22.6. The standard InChI is InChI=1S/C27H34N2O4/c1-31-14-15-32-23-6-2-4-20(17-23)21-8-9-24-22(16-21)5-3-7-25(24)28-27(30)33-26-18-29-12-10-19(26)11-13-29/h2,4,6,8-9,16-17,19,25-26H,3,5,7,10-15,18H2,1H3,(H,28,30)/t25?,26-/m0/s1. The number of carbonyl (C=O) groups excluding carboxylic acids is 1. The second kappa shape index (κ2) is 10.1. The number of methoxy groups -OCH3 is 1. The summed E-state index contributed by atoms with van der Waals surface area (Å²) in [4.78, 5) is 15.1. The number of ether oxygens (including phenoxy) is 3. The van der Waals surface area contributed by atoms with E-state index in [0.29, 0.717) is 19.1 Å². The van der Waals surface area contributed by atoms with Crippen molar-refractivity contribution in [2.24, 2.45) is 5.92 Å². The Labute approximate surface area is 196 Å². The van der Waals surface area contributed by atoms with Crippen LogP contribution in [0.5, 0.6) is 5.75 Å². The minimum Gasteiger partial charge on any atom is -0.491 e. The quantitative estimate of drug-likeness (QED) is 0.626. The van der Waals surface area contributed by atoms with Crippen molar-refractivity contribution >= 4 is 6.09 Å². The molecule has 6 rings (SSSR count). The lowest BCUT2D eigenvalue weighted by atomic mass is 9.85. The molecule has 176 valence electrons.